The Kier molecular flexibility index (Phi) is 4.53. The zero-order valence-corrected chi connectivity index (χ0v) is 11.8. The Labute approximate surface area is 118 Å². The number of hydrogen-bond donors (Lipinski definition) is 2. The minimum absolute atomic E-state index is 0.186. The molecule has 0 unspecified atom stereocenters. The molecule has 0 spiro atoms. The Morgan fingerprint density at radius 2 is 2.00 bits per heavy atom. The minimum Gasteiger partial charge on any atom is -0.320 e. The molecule has 106 valence electrons. The van der Waals surface area contributed by atoms with E-state index in [0.717, 1.165) is 5.56 Å². The molecule has 5 heteroatoms. The van der Waals surface area contributed by atoms with Gasteiger partial charge in [0.1, 0.15) is 5.82 Å². The van der Waals surface area contributed by atoms with Crippen LogP contribution in [0.2, 0.25) is 0 Å². The monoisotopic (exact) mass is 272 g/mol. The van der Waals surface area contributed by atoms with Gasteiger partial charge in [-0.2, -0.15) is 5.10 Å². The number of aromatic nitrogens is 2. The first kappa shape index (κ1) is 14.3. The number of nitrogens with one attached hydrogen (secondary N) is 1. The van der Waals surface area contributed by atoms with Crippen LogP contribution >= 0.6 is 0 Å². The molecule has 0 radical (unpaired) electrons. The van der Waals surface area contributed by atoms with Gasteiger partial charge in [-0.05, 0) is 25.8 Å². The summed E-state index contributed by atoms with van der Waals surface area (Å²) in [7, 11) is 0. The third-order valence-corrected chi connectivity index (χ3v) is 3.05. The maximum absolute atomic E-state index is 12.1. The van der Waals surface area contributed by atoms with Gasteiger partial charge in [-0.15, -0.1) is 0 Å². The number of carbonyl (C=O) groups is 1. The molecule has 1 heterocycles. The lowest BCUT2D eigenvalue weighted by atomic mass is 10.1. The van der Waals surface area contributed by atoms with E-state index in [2.05, 4.69) is 10.4 Å². The first-order valence-corrected chi connectivity index (χ1v) is 6.72. The molecule has 1 aromatic carbocycles. The Balaban J connectivity index is 1.99. The molecule has 0 saturated heterocycles. The summed E-state index contributed by atoms with van der Waals surface area (Å²) in [5.41, 5.74) is 7.00. The molecule has 0 aliphatic rings. The van der Waals surface area contributed by atoms with Crippen LogP contribution in [0.5, 0.6) is 0 Å². The van der Waals surface area contributed by atoms with Crippen LogP contribution in [0.3, 0.4) is 0 Å². The van der Waals surface area contributed by atoms with Crippen LogP contribution in [-0.4, -0.2) is 21.7 Å². The molecule has 2 rings (SSSR count). The van der Waals surface area contributed by atoms with Crippen LogP contribution in [0, 0.1) is 0 Å². The van der Waals surface area contributed by atoms with Gasteiger partial charge >= 0.3 is 0 Å². The molecule has 2 aromatic rings. The van der Waals surface area contributed by atoms with Gasteiger partial charge in [0.15, 0.2) is 0 Å². The fraction of sp³-hybridized carbons (Fsp3) is 0.333. The third-order valence-electron chi connectivity index (χ3n) is 3.05. The van der Waals surface area contributed by atoms with E-state index >= 15 is 0 Å². The van der Waals surface area contributed by atoms with Crippen molar-refractivity contribution in [3.8, 4) is 0 Å². The lowest BCUT2D eigenvalue weighted by molar-refractivity contribution is -0.117. The highest BCUT2D eigenvalue weighted by molar-refractivity contribution is 5.94. The van der Waals surface area contributed by atoms with Crippen molar-refractivity contribution in [1.29, 1.82) is 0 Å². The summed E-state index contributed by atoms with van der Waals surface area (Å²) in [6, 6.07) is 11.1. The fourth-order valence-electron chi connectivity index (χ4n) is 2.00. The zero-order chi connectivity index (χ0) is 14.5. The molecule has 20 heavy (non-hydrogen) atoms. The number of rotatable bonds is 5. The van der Waals surface area contributed by atoms with Crippen molar-refractivity contribution >= 4 is 11.7 Å². The molecule has 1 aromatic heterocycles. The van der Waals surface area contributed by atoms with Crippen molar-refractivity contribution in [2.45, 2.75) is 32.4 Å². The summed E-state index contributed by atoms with van der Waals surface area (Å²) in [6.07, 6.45) is 2.18. The summed E-state index contributed by atoms with van der Waals surface area (Å²) in [4.78, 5) is 12.1. The van der Waals surface area contributed by atoms with E-state index in [-0.39, 0.29) is 11.9 Å². The van der Waals surface area contributed by atoms with Gasteiger partial charge in [-0.25, -0.2) is 4.68 Å². The van der Waals surface area contributed by atoms with E-state index in [1.807, 2.05) is 44.2 Å². The van der Waals surface area contributed by atoms with Crippen LogP contribution in [0.25, 0.3) is 0 Å². The number of nitrogens with zero attached hydrogens (tertiary/aromatic N) is 2. The van der Waals surface area contributed by atoms with E-state index < -0.39 is 6.04 Å². The second-order valence-electron chi connectivity index (χ2n) is 5.04. The van der Waals surface area contributed by atoms with Crippen molar-refractivity contribution in [1.82, 2.24) is 9.78 Å². The molecular formula is C15H20N4O. The lowest BCUT2D eigenvalue weighted by Gasteiger charge is -2.15. The van der Waals surface area contributed by atoms with E-state index in [4.69, 9.17) is 5.73 Å². The largest absolute Gasteiger partial charge is 0.320 e. The summed E-state index contributed by atoms with van der Waals surface area (Å²) in [6.45, 7) is 4.01. The predicted octanol–water partition coefficient (Wildman–Crippen LogP) is 1.97. The van der Waals surface area contributed by atoms with Gasteiger partial charge < -0.3 is 11.1 Å². The maximum Gasteiger partial charge on any atom is 0.242 e. The summed E-state index contributed by atoms with van der Waals surface area (Å²) < 4.78 is 1.76. The molecule has 3 N–H and O–H groups in total. The first-order valence-electron chi connectivity index (χ1n) is 6.72. The van der Waals surface area contributed by atoms with Crippen LogP contribution in [-0.2, 0) is 11.2 Å². The van der Waals surface area contributed by atoms with Crippen molar-refractivity contribution in [3.05, 3.63) is 48.2 Å². The average molecular weight is 272 g/mol. The minimum atomic E-state index is -0.576. The number of carbonyl (C=O) groups excluding carboxylic acids is 1. The Bertz CT molecular complexity index is 562. The van der Waals surface area contributed by atoms with E-state index in [9.17, 15) is 4.79 Å². The molecule has 0 bridgehead atoms. The van der Waals surface area contributed by atoms with Crippen LogP contribution in [0.15, 0.2) is 42.6 Å². The fourth-order valence-corrected chi connectivity index (χ4v) is 2.00. The van der Waals surface area contributed by atoms with Gasteiger partial charge in [-0.3, -0.25) is 4.79 Å². The van der Waals surface area contributed by atoms with Gasteiger partial charge in [-0.1, -0.05) is 30.3 Å². The molecule has 1 amide bonds. The lowest BCUT2D eigenvalue weighted by Crippen LogP contribution is -2.38. The van der Waals surface area contributed by atoms with Crippen molar-refractivity contribution in [2.24, 2.45) is 5.73 Å². The molecule has 5 nitrogen and oxygen atoms in total. The van der Waals surface area contributed by atoms with Gasteiger partial charge in [0.05, 0.1) is 12.2 Å². The first-order chi connectivity index (χ1) is 9.58. The van der Waals surface area contributed by atoms with E-state index in [0.29, 0.717) is 12.2 Å². The van der Waals surface area contributed by atoms with Crippen LogP contribution < -0.4 is 11.1 Å². The Morgan fingerprint density at radius 1 is 1.30 bits per heavy atom. The SMILES string of the molecule is CC(C)n1nccc1NC(=O)[C@@H](N)Cc1ccccc1. The smallest absolute Gasteiger partial charge is 0.242 e. The molecular weight excluding hydrogens is 252 g/mol. The number of anilines is 1. The number of hydrogen-bond acceptors (Lipinski definition) is 3. The van der Waals surface area contributed by atoms with Gasteiger partial charge in [0, 0.05) is 12.1 Å². The van der Waals surface area contributed by atoms with Crippen molar-refractivity contribution < 1.29 is 4.79 Å². The molecule has 0 saturated carbocycles. The number of amides is 1. The number of benzene rings is 1. The van der Waals surface area contributed by atoms with Crippen LogP contribution in [0.4, 0.5) is 5.82 Å². The third kappa shape index (κ3) is 3.45. The van der Waals surface area contributed by atoms with Crippen LogP contribution in [0.1, 0.15) is 25.5 Å². The average Bonchev–Trinajstić information content (AvgIpc) is 2.88. The highest BCUT2D eigenvalue weighted by atomic mass is 16.2. The zero-order valence-electron chi connectivity index (χ0n) is 11.8. The summed E-state index contributed by atoms with van der Waals surface area (Å²) in [5, 5.41) is 7.00. The van der Waals surface area contributed by atoms with Gasteiger partial charge in [0.25, 0.3) is 0 Å². The molecule has 0 fully saturated rings. The quantitative estimate of drug-likeness (QED) is 0.874. The standard InChI is InChI=1S/C15H20N4O/c1-11(2)19-14(8-9-17-19)18-15(20)13(16)10-12-6-4-3-5-7-12/h3-9,11,13H,10,16H2,1-2H3,(H,18,20)/t13-/m0/s1. The van der Waals surface area contributed by atoms with Crippen molar-refractivity contribution in [2.75, 3.05) is 5.32 Å². The van der Waals surface area contributed by atoms with Gasteiger partial charge in [0.2, 0.25) is 5.91 Å². The molecule has 0 aliphatic carbocycles. The van der Waals surface area contributed by atoms with E-state index in [1.165, 1.54) is 0 Å². The normalized spacial score (nSPS) is 12.4. The second-order valence-corrected chi connectivity index (χ2v) is 5.04. The predicted molar refractivity (Wildman–Crippen MR) is 79.4 cm³/mol. The number of nitrogens with two attached hydrogens (primary N) is 1. The second kappa shape index (κ2) is 6.34. The Morgan fingerprint density at radius 3 is 2.65 bits per heavy atom. The Hall–Kier alpha value is -2.14. The molecule has 0 aliphatic heterocycles. The highest BCUT2D eigenvalue weighted by Gasteiger charge is 2.16. The maximum atomic E-state index is 12.1. The van der Waals surface area contributed by atoms with Crippen molar-refractivity contribution in [3.63, 3.8) is 0 Å². The van der Waals surface area contributed by atoms with E-state index in [1.54, 1.807) is 16.9 Å². The highest BCUT2D eigenvalue weighted by Crippen LogP contribution is 2.13. The molecule has 1 atom stereocenters. The summed E-state index contributed by atoms with van der Waals surface area (Å²) in [5.74, 6) is 0.477. The summed E-state index contributed by atoms with van der Waals surface area (Å²) >= 11 is 0. The topological polar surface area (TPSA) is 72.9 Å².